The normalized spacial score (nSPS) is 15.9. The van der Waals surface area contributed by atoms with Crippen LogP contribution in [0.5, 0.6) is 0 Å². The first-order valence-electron chi connectivity index (χ1n) is 8.45. The van der Waals surface area contributed by atoms with Crippen LogP contribution in [0.2, 0.25) is 5.02 Å². The van der Waals surface area contributed by atoms with Gasteiger partial charge in [0.15, 0.2) is 0 Å². The second-order valence-electron chi connectivity index (χ2n) is 6.03. The van der Waals surface area contributed by atoms with Crippen molar-refractivity contribution < 1.29 is 4.79 Å². The fourth-order valence-corrected chi connectivity index (χ4v) is 4.23. The van der Waals surface area contributed by atoms with Crippen molar-refractivity contribution in [3.05, 3.63) is 59.2 Å². The number of nitrogens with zero attached hydrogens (tertiary/aromatic N) is 3. The van der Waals surface area contributed by atoms with E-state index in [1.54, 1.807) is 18.0 Å². The molecule has 1 fully saturated rings. The second-order valence-corrected chi connectivity index (χ2v) is 7.77. The van der Waals surface area contributed by atoms with Gasteiger partial charge in [0.25, 0.3) is 0 Å². The van der Waals surface area contributed by atoms with Crippen LogP contribution < -0.4 is 4.90 Å². The summed E-state index contributed by atoms with van der Waals surface area (Å²) in [5.41, 5.74) is 1.09. The molecule has 0 bridgehead atoms. The number of aromatic nitrogens is 1. The van der Waals surface area contributed by atoms with Crippen molar-refractivity contribution in [3.8, 4) is 0 Å². The molecule has 3 rings (SSSR count). The number of carbonyl (C=O) groups is 1. The molecule has 0 spiro atoms. The van der Waals surface area contributed by atoms with Crippen LogP contribution in [0.4, 0.5) is 5.82 Å². The molecule has 132 valence electrons. The largest absolute Gasteiger partial charge is 0.353 e. The number of amides is 1. The van der Waals surface area contributed by atoms with Crippen molar-refractivity contribution in [2.24, 2.45) is 0 Å². The van der Waals surface area contributed by atoms with Crippen molar-refractivity contribution in [2.75, 3.05) is 36.8 Å². The summed E-state index contributed by atoms with van der Waals surface area (Å²) < 4.78 is 0. The number of halogens is 1. The number of pyridine rings is 1. The maximum Gasteiger partial charge on any atom is 0.232 e. The Hall–Kier alpha value is -1.72. The van der Waals surface area contributed by atoms with Gasteiger partial charge in [0.1, 0.15) is 5.82 Å². The fourth-order valence-electron chi connectivity index (χ4n) is 2.91. The average molecular weight is 376 g/mol. The molecule has 1 aliphatic rings. The molecule has 1 saturated heterocycles. The van der Waals surface area contributed by atoms with E-state index in [0.717, 1.165) is 42.6 Å². The van der Waals surface area contributed by atoms with Crippen molar-refractivity contribution in [3.63, 3.8) is 0 Å². The van der Waals surface area contributed by atoms with Crippen LogP contribution in [0.25, 0.3) is 0 Å². The third-order valence-corrected chi connectivity index (χ3v) is 5.92. The van der Waals surface area contributed by atoms with Crippen molar-refractivity contribution in [1.29, 1.82) is 0 Å². The Kier molecular flexibility index (Phi) is 6.21. The average Bonchev–Trinajstić information content (AvgIpc) is 2.67. The molecule has 6 heteroatoms. The maximum atomic E-state index is 12.5. The van der Waals surface area contributed by atoms with Gasteiger partial charge >= 0.3 is 0 Å². The van der Waals surface area contributed by atoms with E-state index in [0.29, 0.717) is 5.75 Å². The van der Waals surface area contributed by atoms with Crippen LogP contribution in [0.15, 0.2) is 48.7 Å². The lowest BCUT2D eigenvalue weighted by molar-refractivity contribution is -0.128. The highest BCUT2D eigenvalue weighted by Gasteiger charge is 2.22. The van der Waals surface area contributed by atoms with E-state index in [2.05, 4.69) is 16.8 Å². The minimum atomic E-state index is 0.199. The summed E-state index contributed by atoms with van der Waals surface area (Å²) in [6.07, 6.45) is 1.81. The lowest BCUT2D eigenvalue weighted by Crippen LogP contribution is -2.49. The highest BCUT2D eigenvalue weighted by molar-refractivity contribution is 8.00. The molecule has 0 saturated carbocycles. The summed E-state index contributed by atoms with van der Waals surface area (Å²) in [5.74, 6) is 1.66. The minimum absolute atomic E-state index is 0.199. The third-order valence-electron chi connectivity index (χ3n) is 4.41. The Bertz CT molecular complexity index is 705. The number of carbonyl (C=O) groups excluding carboxylic acids is 1. The first-order chi connectivity index (χ1) is 12.1. The number of benzene rings is 1. The molecule has 0 radical (unpaired) electrons. The van der Waals surface area contributed by atoms with Gasteiger partial charge in [0.05, 0.1) is 5.75 Å². The number of rotatable bonds is 5. The standard InChI is InChI=1S/C19H22ClN3OS/c1-15(16-6-2-3-7-17(16)20)25-14-19(24)23-12-10-22(11-13-23)18-8-4-5-9-21-18/h2-9,15H,10-14H2,1H3. The lowest BCUT2D eigenvalue weighted by atomic mass is 10.2. The van der Waals surface area contributed by atoms with Gasteiger partial charge < -0.3 is 9.80 Å². The molecule has 1 aromatic carbocycles. The molecule has 1 aromatic heterocycles. The zero-order valence-electron chi connectivity index (χ0n) is 14.3. The summed E-state index contributed by atoms with van der Waals surface area (Å²) in [6.45, 7) is 5.24. The topological polar surface area (TPSA) is 36.4 Å². The Morgan fingerprint density at radius 1 is 1.16 bits per heavy atom. The maximum absolute atomic E-state index is 12.5. The highest BCUT2D eigenvalue weighted by atomic mass is 35.5. The molecule has 1 unspecified atom stereocenters. The molecule has 4 nitrogen and oxygen atoms in total. The Morgan fingerprint density at radius 3 is 2.56 bits per heavy atom. The first kappa shape index (κ1) is 18.1. The van der Waals surface area contributed by atoms with E-state index in [4.69, 9.17) is 11.6 Å². The summed E-state index contributed by atoms with van der Waals surface area (Å²) in [7, 11) is 0. The lowest BCUT2D eigenvalue weighted by Gasteiger charge is -2.35. The molecule has 0 aliphatic carbocycles. The Labute approximate surface area is 158 Å². The Morgan fingerprint density at radius 2 is 1.88 bits per heavy atom. The van der Waals surface area contributed by atoms with Gasteiger partial charge in [-0.25, -0.2) is 4.98 Å². The van der Waals surface area contributed by atoms with Gasteiger partial charge in [-0.3, -0.25) is 4.79 Å². The van der Waals surface area contributed by atoms with Crippen LogP contribution >= 0.6 is 23.4 Å². The van der Waals surface area contributed by atoms with E-state index >= 15 is 0 Å². The third kappa shape index (κ3) is 4.67. The van der Waals surface area contributed by atoms with E-state index in [1.165, 1.54) is 0 Å². The van der Waals surface area contributed by atoms with E-state index < -0.39 is 0 Å². The molecule has 1 amide bonds. The predicted molar refractivity (Wildman–Crippen MR) is 105 cm³/mol. The van der Waals surface area contributed by atoms with Gasteiger partial charge in [0.2, 0.25) is 5.91 Å². The van der Waals surface area contributed by atoms with Crippen LogP contribution in [0.1, 0.15) is 17.7 Å². The Balaban J connectivity index is 1.47. The van der Waals surface area contributed by atoms with Crippen molar-refractivity contribution in [1.82, 2.24) is 9.88 Å². The molecule has 25 heavy (non-hydrogen) atoms. The molecule has 2 aromatic rings. The molecular weight excluding hydrogens is 354 g/mol. The summed E-state index contributed by atoms with van der Waals surface area (Å²) in [6, 6.07) is 13.8. The van der Waals surface area contributed by atoms with Crippen LogP contribution in [0.3, 0.4) is 0 Å². The number of thioether (sulfide) groups is 1. The summed E-state index contributed by atoms with van der Waals surface area (Å²) in [5, 5.41) is 0.964. The monoisotopic (exact) mass is 375 g/mol. The quantitative estimate of drug-likeness (QED) is 0.794. The zero-order valence-corrected chi connectivity index (χ0v) is 15.8. The zero-order chi connectivity index (χ0) is 17.6. The first-order valence-corrected chi connectivity index (χ1v) is 9.87. The number of piperazine rings is 1. The molecular formula is C19H22ClN3OS. The number of hydrogen-bond acceptors (Lipinski definition) is 4. The number of anilines is 1. The van der Waals surface area contributed by atoms with E-state index in [1.807, 2.05) is 47.4 Å². The van der Waals surface area contributed by atoms with Gasteiger partial charge in [-0.2, -0.15) is 0 Å². The van der Waals surface area contributed by atoms with Gasteiger partial charge in [-0.15, -0.1) is 11.8 Å². The predicted octanol–water partition coefficient (Wildman–Crippen LogP) is 3.88. The van der Waals surface area contributed by atoms with E-state index in [-0.39, 0.29) is 11.2 Å². The van der Waals surface area contributed by atoms with Gasteiger partial charge in [-0.05, 0) is 30.7 Å². The van der Waals surface area contributed by atoms with E-state index in [9.17, 15) is 4.79 Å². The SMILES string of the molecule is CC(SCC(=O)N1CCN(c2ccccn2)CC1)c1ccccc1Cl. The van der Waals surface area contributed by atoms with Crippen LogP contribution in [0, 0.1) is 0 Å². The highest BCUT2D eigenvalue weighted by Crippen LogP contribution is 2.33. The second kappa shape index (κ2) is 8.59. The summed E-state index contributed by atoms with van der Waals surface area (Å²) in [4.78, 5) is 21.1. The van der Waals surface area contributed by atoms with Crippen LogP contribution in [-0.4, -0.2) is 47.7 Å². The molecule has 0 N–H and O–H groups in total. The van der Waals surface area contributed by atoms with Crippen LogP contribution in [-0.2, 0) is 4.79 Å². The molecule has 1 atom stereocenters. The molecule has 1 aliphatic heterocycles. The molecule has 2 heterocycles. The van der Waals surface area contributed by atoms with Crippen molar-refractivity contribution in [2.45, 2.75) is 12.2 Å². The van der Waals surface area contributed by atoms with Crippen molar-refractivity contribution >= 4 is 35.1 Å². The van der Waals surface area contributed by atoms with Gasteiger partial charge in [-0.1, -0.05) is 35.9 Å². The smallest absolute Gasteiger partial charge is 0.232 e. The summed E-state index contributed by atoms with van der Waals surface area (Å²) >= 11 is 7.88. The fraction of sp³-hybridized carbons (Fsp3) is 0.368. The minimum Gasteiger partial charge on any atom is -0.353 e. The number of hydrogen-bond donors (Lipinski definition) is 0. The van der Waals surface area contributed by atoms with Gasteiger partial charge in [0, 0.05) is 42.6 Å².